The molecule has 0 bridgehead atoms. The normalized spacial score (nSPS) is 15.1. The number of carbonyl (C=O) groups is 5. The van der Waals surface area contributed by atoms with Crippen molar-refractivity contribution in [3.05, 3.63) is 17.7 Å². The van der Waals surface area contributed by atoms with Gasteiger partial charge in [0.2, 0.25) is 18.6 Å². The lowest BCUT2D eigenvalue weighted by molar-refractivity contribution is -0.153. The van der Waals surface area contributed by atoms with Crippen molar-refractivity contribution in [2.24, 2.45) is 0 Å². The zero-order valence-electron chi connectivity index (χ0n) is 14.4. The zero-order valence-corrected chi connectivity index (χ0v) is 14.4. The Morgan fingerprint density at radius 2 is 1.74 bits per heavy atom. The predicted molar refractivity (Wildman–Crippen MR) is 88.1 cm³/mol. The van der Waals surface area contributed by atoms with Crippen LogP contribution in [-0.4, -0.2) is 54.3 Å². The number of esters is 1. The molecular weight excluding hydrogens is 360 g/mol. The third kappa shape index (κ3) is 4.05. The molecule has 2 heterocycles. The highest BCUT2D eigenvalue weighted by Crippen LogP contribution is 2.37. The van der Waals surface area contributed by atoms with E-state index in [0.717, 1.165) is 4.90 Å². The van der Waals surface area contributed by atoms with Crippen molar-refractivity contribution in [1.82, 2.24) is 4.90 Å². The van der Waals surface area contributed by atoms with Gasteiger partial charge in [0.15, 0.2) is 23.9 Å². The summed E-state index contributed by atoms with van der Waals surface area (Å²) in [6.07, 6.45) is 0.120. The van der Waals surface area contributed by atoms with E-state index in [1.165, 1.54) is 19.1 Å². The van der Waals surface area contributed by atoms with Gasteiger partial charge in [-0.3, -0.25) is 28.9 Å². The summed E-state index contributed by atoms with van der Waals surface area (Å²) in [6.45, 7) is 0.168. The molecule has 2 aliphatic rings. The Balaban J connectivity index is 1.58. The standard InChI is InChI=1S/C17H16N2O8/c1-9(20)10-4-12-13(27-8-26-12)5-11(10)18-14(21)7-25-17(24)6-19-15(22)2-3-16(19)23/h4-5H,2-3,6-8H2,1H3,(H,18,21). The molecular formula is C17H16N2O8. The lowest BCUT2D eigenvalue weighted by Crippen LogP contribution is -2.36. The van der Waals surface area contributed by atoms with Gasteiger partial charge in [0, 0.05) is 24.5 Å². The highest BCUT2D eigenvalue weighted by Gasteiger charge is 2.31. The maximum Gasteiger partial charge on any atom is 0.326 e. The van der Waals surface area contributed by atoms with E-state index < -0.39 is 36.8 Å². The Hall–Kier alpha value is -3.43. The first-order valence-corrected chi connectivity index (χ1v) is 8.08. The van der Waals surface area contributed by atoms with E-state index in [0.29, 0.717) is 11.5 Å². The van der Waals surface area contributed by atoms with Crippen molar-refractivity contribution in [2.45, 2.75) is 19.8 Å². The van der Waals surface area contributed by atoms with Gasteiger partial charge in [-0.2, -0.15) is 0 Å². The Bertz CT molecular complexity index is 832. The number of rotatable bonds is 6. The third-order valence-electron chi connectivity index (χ3n) is 3.97. The average molecular weight is 376 g/mol. The van der Waals surface area contributed by atoms with Gasteiger partial charge in [-0.15, -0.1) is 0 Å². The monoisotopic (exact) mass is 376 g/mol. The summed E-state index contributed by atoms with van der Waals surface area (Å²) < 4.78 is 15.2. The summed E-state index contributed by atoms with van der Waals surface area (Å²) in [4.78, 5) is 59.3. The first kappa shape index (κ1) is 18.4. The highest BCUT2D eigenvalue weighted by atomic mass is 16.7. The number of nitrogens with one attached hydrogen (secondary N) is 1. The number of ketones is 1. The first-order chi connectivity index (χ1) is 12.8. The number of benzene rings is 1. The van der Waals surface area contributed by atoms with Crippen LogP contribution in [0.4, 0.5) is 5.69 Å². The number of imide groups is 1. The van der Waals surface area contributed by atoms with Gasteiger partial charge in [0.05, 0.1) is 5.69 Å². The molecule has 0 saturated carbocycles. The molecule has 0 unspecified atom stereocenters. The van der Waals surface area contributed by atoms with Crippen molar-refractivity contribution in [3.63, 3.8) is 0 Å². The summed E-state index contributed by atoms with van der Waals surface area (Å²) in [5, 5.41) is 2.47. The minimum Gasteiger partial charge on any atom is -0.454 e. The number of nitrogens with zero attached hydrogens (tertiary/aromatic N) is 1. The second-order valence-electron chi connectivity index (χ2n) is 5.89. The summed E-state index contributed by atoms with van der Waals surface area (Å²) in [5.41, 5.74) is 0.407. The molecule has 0 aromatic heterocycles. The minimum atomic E-state index is -0.883. The number of likely N-dealkylation sites (tertiary alicyclic amines) is 1. The van der Waals surface area contributed by atoms with Crippen LogP contribution < -0.4 is 14.8 Å². The van der Waals surface area contributed by atoms with Crippen LogP contribution in [-0.2, 0) is 23.9 Å². The van der Waals surface area contributed by atoms with Gasteiger partial charge in [0.1, 0.15) is 6.54 Å². The number of hydrogen-bond acceptors (Lipinski definition) is 8. The molecule has 10 nitrogen and oxygen atoms in total. The lowest BCUT2D eigenvalue weighted by Gasteiger charge is -2.13. The van der Waals surface area contributed by atoms with Crippen molar-refractivity contribution < 1.29 is 38.2 Å². The maximum atomic E-state index is 12.0. The number of amides is 3. The number of Topliss-reactive ketones (excluding diaryl/α,β-unsaturated/α-hetero) is 1. The fourth-order valence-corrected chi connectivity index (χ4v) is 2.64. The Kier molecular flexibility index (Phi) is 5.06. The number of fused-ring (bicyclic) bond motifs is 1. The first-order valence-electron chi connectivity index (χ1n) is 8.08. The van der Waals surface area contributed by atoms with Crippen LogP contribution in [0.25, 0.3) is 0 Å². The zero-order chi connectivity index (χ0) is 19.6. The molecule has 2 aliphatic heterocycles. The van der Waals surface area contributed by atoms with E-state index in [2.05, 4.69) is 5.32 Å². The van der Waals surface area contributed by atoms with E-state index >= 15 is 0 Å². The Morgan fingerprint density at radius 1 is 1.11 bits per heavy atom. The summed E-state index contributed by atoms with van der Waals surface area (Å²) in [6, 6.07) is 2.90. The molecule has 1 saturated heterocycles. The van der Waals surface area contributed by atoms with Crippen molar-refractivity contribution in [2.75, 3.05) is 25.3 Å². The smallest absolute Gasteiger partial charge is 0.326 e. The fraction of sp³-hybridized carbons (Fsp3) is 0.353. The van der Waals surface area contributed by atoms with E-state index in [1.54, 1.807) is 0 Å². The minimum absolute atomic E-state index is 0.00955. The average Bonchev–Trinajstić information content (AvgIpc) is 3.20. The highest BCUT2D eigenvalue weighted by molar-refractivity contribution is 6.06. The lowest BCUT2D eigenvalue weighted by atomic mass is 10.1. The van der Waals surface area contributed by atoms with Crippen molar-refractivity contribution >= 4 is 35.2 Å². The maximum absolute atomic E-state index is 12.0. The summed E-state index contributed by atoms with van der Waals surface area (Å²) in [5.74, 6) is -2.01. The van der Waals surface area contributed by atoms with E-state index in [1.807, 2.05) is 0 Å². The largest absolute Gasteiger partial charge is 0.454 e. The molecule has 1 aromatic rings. The van der Waals surface area contributed by atoms with E-state index in [4.69, 9.17) is 14.2 Å². The van der Waals surface area contributed by atoms with Crippen molar-refractivity contribution in [3.8, 4) is 11.5 Å². The summed E-state index contributed by atoms with van der Waals surface area (Å²) in [7, 11) is 0. The second-order valence-corrected chi connectivity index (χ2v) is 5.89. The van der Waals surface area contributed by atoms with Crippen molar-refractivity contribution in [1.29, 1.82) is 0 Å². The molecule has 0 atom stereocenters. The molecule has 142 valence electrons. The second kappa shape index (κ2) is 7.44. The SMILES string of the molecule is CC(=O)c1cc2c(cc1NC(=O)COC(=O)CN1C(=O)CCC1=O)OCO2. The quantitative estimate of drug-likeness (QED) is 0.425. The summed E-state index contributed by atoms with van der Waals surface area (Å²) >= 11 is 0. The van der Waals surface area contributed by atoms with Crippen LogP contribution >= 0.6 is 0 Å². The molecule has 1 fully saturated rings. The van der Waals surface area contributed by atoms with E-state index in [9.17, 15) is 24.0 Å². The van der Waals surface area contributed by atoms with Crippen LogP contribution in [0.15, 0.2) is 12.1 Å². The topological polar surface area (TPSA) is 128 Å². The molecule has 3 rings (SSSR count). The van der Waals surface area contributed by atoms with Gasteiger partial charge >= 0.3 is 5.97 Å². The van der Waals surface area contributed by atoms with Gasteiger partial charge in [-0.1, -0.05) is 0 Å². The predicted octanol–water partition coefficient (Wildman–Crippen LogP) is 0.249. The molecule has 10 heteroatoms. The van der Waals surface area contributed by atoms with Crippen LogP contribution in [0.3, 0.4) is 0 Å². The Morgan fingerprint density at radius 3 is 2.37 bits per heavy atom. The van der Waals surface area contributed by atoms with E-state index in [-0.39, 0.29) is 36.7 Å². The molecule has 27 heavy (non-hydrogen) atoms. The fourth-order valence-electron chi connectivity index (χ4n) is 2.64. The molecule has 1 aromatic carbocycles. The van der Waals surface area contributed by atoms with Gasteiger partial charge in [-0.05, 0) is 13.0 Å². The van der Waals surface area contributed by atoms with Crippen LogP contribution in [0.5, 0.6) is 11.5 Å². The van der Waals surface area contributed by atoms with Gasteiger partial charge in [0.25, 0.3) is 5.91 Å². The Labute approximate surface area is 153 Å². The molecule has 1 N–H and O–H groups in total. The van der Waals surface area contributed by atoms with Crippen LogP contribution in [0.1, 0.15) is 30.1 Å². The molecule has 0 radical (unpaired) electrons. The van der Waals surface area contributed by atoms with Gasteiger partial charge < -0.3 is 19.5 Å². The number of anilines is 1. The number of carbonyl (C=O) groups excluding carboxylic acids is 5. The number of hydrogen-bond donors (Lipinski definition) is 1. The number of ether oxygens (including phenoxy) is 3. The molecule has 3 amide bonds. The van der Waals surface area contributed by atoms with Crippen LogP contribution in [0, 0.1) is 0 Å². The molecule has 0 aliphatic carbocycles. The van der Waals surface area contributed by atoms with Crippen LogP contribution in [0.2, 0.25) is 0 Å². The molecule has 0 spiro atoms. The van der Waals surface area contributed by atoms with Gasteiger partial charge in [-0.25, -0.2) is 0 Å². The third-order valence-corrected chi connectivity index (χ3v) is 3.97.